The molecular formula is C11H12N4O3. The molecule has 0 radical (unpaired) electrons. The summed E-state index contributed by atoms with van der Waals surface area (Å²) < 4.78 is 11.1. The number of hydrogen-bond donors (Lipinski definition) is 0. The van der Waals surface area contributed by atoms with Crippen molar-refractivity contribution in [2.24, 2.45) is 7.05 Å². The van der Waals surface area contributed by atoms with Crippen LogP contribution in [0, 0.1) is 0 Å². The van der Waals surface area contributed by atoms with E-state index in [9.17, 15) is 4.79 Å². The Morgan fingerprint density at radius 1 is 1.50 bits per heavy atom. The van der Waals surface area contributed by atoms with Crippen LogP contribution in [0.3, 0.4) is 0 Å². The van der Waals surface area contributed by atoms with Crippen molar-refractivity contribution in [2.45, 2.75) is 0 Å². The molecule has 18 heavy (non-hydrogen) atoms. The maximum absolute atomic E-state index is 10.9. The molecule has 0 atom stereocenters. The lowest BCUT2D eigenvalue weighted by Gasteiger charge is -1.98. The predicted octanol–water partition coefficient (Wildman–Crippen LogP) is 0.429. The van der Waals surface area contributed by atoms with Crippen LogP contribution in [-0.4, -0.2) is 39.4 Å². The first-order valence-corrected chi connectivity index (χ1v) is 5.21. The van der Waals surface area contributed by atoms with Gasteiger partial charge in [0.25, 0.3) is 0 Å². The molecule has 0 bridgehead atoms. The minimum absolute atomic E-state index is 0.127. The Labute approximate surface area is 103 Å². The van der Waals surface area contributed by atoms with Crippen molar-refractivity contribution in [3.63, 3.8) is 0 Å². The molecule has 0 aromatic carbocycles. The van der Waals surface area contributed by atoms with Gasteiger partial charge < -0.3 is 9.47 Å². The van der Waals surface area contributed by atoms with E-state index in [1.54, 1.807) is 30.2 Å². The Morgan fingerprint density at radius 2 is 2.33 bits per heavy atom. The fourth-order valence-corrected chi connectivity index (χ4v) is 1.35. The summed E-state index contributed by atoms with van der Waals surface area (Å²) in [5.74, 6) is 0.133. The van der Waals surface area contributed by atoms with E-state index in [0.29, 0.717) is 5.82 Å². The predicted molar refractivity (Wildman–Crippen MR) is 61.7 cm³/mol. The maximum atomic E-state index is 10.9. The van der Waals surface area contributed by atoms with Gasteiger partial charge in [-0.1, -0.05) is 0 Å². The Kier molecular flexibility index (Phi) is 3.52. The van der Waals surface area contributed by atoms with Gasteiger partial charge in [-0.3, -0.25) is 4.98 Å². The Hall–Kier alpha value is -2.44. The lowest BCUT2D eigenvalue weighted by atomic mass is 10.3. The van der Waals surface area contributed by atoms with Gasteiger partial charge in [0.15, 0.2) is 12.4 Å². The third-order valence-corrected chi connectivity index (χ3v) is 2.21. The van der Waals surface area contributed by atoms with E-state index in [2.05, 4.69) is 19.8 Å². The lowest BCUT2D eigenvalue weighted by Crippen LogP contribution is -2.13. The van der Waals surface area contributed by atoms with Gasteiger partial charge in [-0.15, -0.1) is 5.10 Å². The summed E-state index contributed by atoms with van der Waals surface area (Å²) in [6.07, 6.45) is 3.35. The molecule has 7 nitrogen and oxygen atoms in total. The lowest BCUT2D eigenvalue weighted by molar-refractivity contribution is -0.143. The van der Waals surface area contributed by atoms with Gasteiger partial charge in [0, 0.05) is 25.0 Å². The topological polar surface area (TPSA) is 79.1 Å². The summed E-state index contributed by atoms with van der Waals surface area (Å²) in [6.45, 7) is -0.215. The summed E-state index contributed by atoms with van der Waals surface area (Å²) in [7, 11) is 3.03. The SMILES string of the molecule is COC(=O)COc1nc(-c2cccnc2)n(C)n1. The van der Waals surface area contributed by atoms with Crippen molar-refractivity contribution in [3.05, 3.63) is 24.5 Å². The maximum Gasteiger partial charge on any atom is 0.344 e. The molecule has 0 aliphatic carbocycles. The van der Waals surface area contributed by atoms with E-state index < -0.39 is 5.97 Å². The zero-order chi connectivity index (χ0) is 13.0. The normalized spacial score (nSPS) is 10.1. The summed E-state index contributed by atoms with van der Waals surface area (Å²) in [5.41, 5.74) is 0.820. The molecule has 0 unspecified atom stereocenters. The number of carbonyl (C=O) groups excluding carboxylic acids is 1. The third-order valence-electron chi connectivity index (χ3n) is 2.21. The highest BCUT2D eigenvalue weighted by Gasteiger charge is 2.11. The molecule has 0 aliphatic rings. The van der Waals surface area contributed by atoms with E-state index >= 15 is 0 Å². The average molecular weight is 248 g/mol. The van der Waals surface area contributed by atoms with Crippen molar-refractivity contribution in [2.75, 3.05) is 13.7 Å². The minimum Gasteiger partial charge on any atom is -0.466 e. The third kappa shape index (κ3) is 2.62. The van der Waals surface area contributed by atoms with Crippen LogP contribution in [0.1, 0.15) is 0 Å². The molecule has 0 aliphatic heterocycles. The zero-order valence-corrected chi connectivity index (χ0v) is 10.0. The number of esters is 1. The molecule has 7 heteroatoms. The van der Waals surface area contributed by atoms with Crippen LogP contribution >= 0.6 is 0 Å². The molecule has 0 saturated heterocycles. The van der Waals surface area contributed by atoms with Gasteiger partial charge in [0.1, 0.15) is 0 Å². The van der Waals surface area contributed by atoms with Crippen molar-refractivity contribution in [3.8, 4) is 17.4 Å². The van der Waals surface area contributed by atoms with Crippen LogP contribution in [0.5, 0.6) is 6.01 Å². The first kappa shape index (κ1) is 12.0. The highest BCUT2D eigenvalue weighted by Crippen LogP contribution is 2.17. The van der Waals surface area contributed by atoms with Gasteiger partial charge in [-0.25, -0.2) is 9.48 Å². The zero-order valence-electron chi connectivity index (χ0n) is 10.0. The molecule has 0 spiro atoms. The average Bonchev–Trinajstić information content (AvgIpc) is 2.78. The standard InChI is InChI=1S/C11H12N4O3/c1-15-10(8-4-3-5-12-6-8)13-11(14-15)18-7-9(16)17-2/h3-6H,7H2,1-2H3. The fraction of sp³-hybridized carbons (Fsp3) is 0.273. The molecule has 2 aromatic rings. The number of methoxy groups -OCH3 is 1. The number of ether oxygens (including phenoxy) is 2. The van der Waals surface area contributed by atoms with Crippen molar-refractivity contribution in [1.82, 2.24) is 19.7 Å². The molecular weight excluding hydrogens is 236 g/mol. The number of rotatable bonds is 4. The van der Waals surface area contributed by atoms with Gasteiger partial charge in [-0.05, 0) is 12.1 Å². The molecule has 2 aromatic heterocycles. The quantitative estimate of drug-likeness (QED) is 0.730. The fourth-order valence-electron chi connectivity index (χ4n) is 1.35. The molecule has 2 heterocycles. The van der Waals surface area contributed by atoms with Crippen LogP contribution in [0.2, 0.25) is 0 Å². The van der Waals surface area contributed by atoms with Crippen LogP contribution in [0.15, 0.2) is 24.5 Å². The number of aryl methyl sites for hydroxylation is 1. The van der Waals surface area contributed by atoms with Gasteiger partial charge in [0.05, 0.1) is 7.11 Å². The number of nitrogens with zero attached hydrogens (tertiary/aromatic N) is 4. The van der Waals surface area contributed by atoms with Crippen LogP contribution in [0.25, 0.3) is 11.4 Å². The molecule has 0 saturated carbocycles. The van der Waals surface area contributed by atoms with Crippen LogP contribution in [-0.2, 0) is 16.6 Å². The number of pyridine rings is 1. The summed E-state index contributed by atoms with van der Waals surface area (Å²) in [6, 6.07) is 3.79. The second kappa shape index (κ2) is 5.26. The van der Waals surface area contributed by atoms with E-state index in [1.807, 2.05) is 6.07 Å². The van der Waals surface area contributed by atoms with Gasteiger partial charge >= 0.3 is 12.0 Å². The number of aromatic nitrogens is 4. The first-order chi connectivity index (χ1) is 8.70. The molecule has 0 N–H and O–H groups in total. The minimum atomic E-state index is -0.481. The van der Waals surface area contributed by atoms with Gasteiger partial charge in [-0.2, -0.15) is 4.98 Å². The highest BCUT2D eigenvalue weighted by atomic mass is 16.6. The number of carbonyl (C=O) groups is 1. The molecule has 0 amide bonds. The molecule has 94 valence electrons. The van der Waals surface area contributed by atoms with Crippen LogP contribution in [0.4, 0.5) is 0 Å². The van der Waals surface area contributed by atoms with Gasteiger partial charge in [0.2, 0.25) is 0 Å². The Morgan fingerprint density at radius 3 is 3.00 bits per heavy atom. The Bertz CT molecular complexity index is 538. The second-order valence-corrected chi connectivity index (χ2v) is 3.45. The van der Waals surface area contributed by atoms with E-state index in [1.165, 1.54) is 7.11 Å². The summed E-state index contributed by atoms with van der Waals surface area (Å²) >= 11 is 0. The Balaban J connectivity index is 2.15. The monoisotopic (exact) mass is 248 g/mol. The molecule has 0 fully saturated rings. The van der Waals surface area contributed by atoms with E-state index in [-0.39, 0.29) is 12.6 Å². The number of hydrogen-bond acceptors (Lipinski definition) is 6. The van der Waals surface area contributed by atoms with E-state index in [4.69, 9.17) is 4.74 Å². The first-order valence-electron chi connectivity index (χ1n) is 5.21. The second-order valence-electron chi connectivity index (χ2n) is 3.45. The van der Waals surface area contributed by atoms with Crippen LogP contribution < -0.4 is 4.74 Å². The highest BCUT2D eigenvalue weighted by molar-refractivity contribution is 5.70. The van der Waals surface area contributed by atoms with Crippen molar-refractivity contribution >= 4 is 5.97 Å². The largest absolute Gasteiger partial charge is 0.466 e. The molecule has 2 rings (SSSR count). The summed E-state index contributed by atoms with van der Waals surface area (Å²) in [4.78, 5) is 19.1. The summed E-state index contributed by atoms with van der Waals surface area (Å²) in [5, 5.41) is 4.04. The smallest absolute Gasteiger partial charge is 0.344 e. The van der Waals surface area contributed by atoms with E-state index in [0.717, 1.165) is 5.56 Å². The van der Waals surface area contributed by atoms with Crippen molar-refractivity contribution < 1.29 is 14.3 Å². The van der Waals surface area contributed by atoms with Crippen molar-refractivity contribution in [1.29, 1.82) is 0 Å².